The molecule has 1 fully saturated rings. The van der Waals surface area contributed by atoms with E-state index in [2.05, 4.69) is 12.1 Å². The first kappa shape index (κ1) is 24.0. The molecule has 0 radical (unpaired) electrons. The van der Waals surface area contributed by atoms with Crippen molar-refractivity contribution < 1.29 is 14.3 Å². The van der Waals surface area contributed by atoms with Crippen LogP contribution in [-0.4, -0.2) is 54.4 Å². The van der Waals surface area contributed by atoms with Crippen LogP contribution in [0.4, 0.5) is 0 Å². The molecule has 34 heavy (non-hydrogen) atoms. The molecule has 1 aliphatic heterocycles. The van der Waals surface area contributed by atoms with Crippen LogP contribution in [0, 0.1) is 12.8 Å². The molecular formula is C28H32N2O3S. The number of benzene rings is 2. The van der Waals surface area contributed by atoms with E-state index in [1.807, 2.05) is 83.7 Å². The number of rotatable bonds is 8. The highest BCUT2D eigenvalue weighted by Crippen LogP contribution is 2.28. The first-order valence-corrected chi connectivity index (χ1v) is 12.7. The molecule has 2 amide bonds. The van der Waals surface area contributed by atoms with Gasteiger partial charge in [-0.05, 0) is 61.2 Å². The minimum absolute atomic E-state index is 0.0154. The van der Waals surface area contributed by atoms with Crippen LogP contribution in [0.1, 0.15) is 33.6 Å². The molecule has 5 nitrogen and oxygen atoms in total. The van der Waals surface area contributed by atoms with Gasteiger partial charge >= 0.3 is 0 Å². The third-order valence-corrected chi connectivity index (χ3v) is 7.52. The number of hydrogen-bond acceptors (Lipinski definition) is 4. The second-order valence-corrected chi connectivity index (χ2v) is 9.92. The van der Waals surface area contributed by atoms with Gasteiger partial charge in [-0.15, -0.1) is 11.3 Å². The van der Waals surface area contributed by atoms with Crippen molar-refractivity contribution >= 4 is 23.2 Å². The van der Waals surface area contributed by atoms with E-state index in [1.54, 1.807) is 0 Å². The second kappa shape index (κ2) is 11.3. The lowest BCUT2D eigenvalue weighted by molar-refractivity contribution is -0.135. The molecule has 0 spiro atoms. The van der Waals surface area contributed by atoms with E-state index in [0.717, 1.165) is 29.7 Å². The largest absolute Gasteiger partial charge is 0.484 e. The van der Waals surface area contributed by atoms with E-state index in [0.29, 0.717) is 24.8 Å². The van der Waals surface area contributed by atoms with Gasteiger partial charge in [0, 0.05) is 26.2 Å². The average molecular weight is 477 g/mol. The van der Waals surface area contributed by atoms with Crippen LogP contribution in [0.2, 0.25) is 0 Å². The van der Waals surface area contributed by atoms with Gasteiger partial charge in [0.25, 0.3) is 11.8 Å². The molecule has 0 bridgehead atoms. The van der Waals surface area contributed by atoms with Crippen molar-refractivity contribution in [3.63, 3.8) is 0 Å². The molecule has 178 valence electrons. The molecule has 1 saturated heterocycles. The summed E-state index contributed by atoms with van der Waals surface area (Å²) >= 11 is 1.48. The van der Waals surface area contributed by atoms with Crippen LogP contribution in [0.15, 0.2) is 72.1 Å². The zero-order chi connectivity index (χ0) is 23.9. The second-order valence-electron chi connectivity index (χ2n) is 8.97. The van der Waals surface area contributed by atoms with Crippen LogP contribution < -0.4 is 4.74 Å². The lowest BCUT2D eigenvalue weighted by Gasteiger charge is -2.40. The SMILES string of the molecule is Cc1ccc(OCC(=O)N2CCC([C@H](Cc3ccccc3)N(C)C(=O)c3cccs3)CC2)cc1. The van der Waals surface area contributed by atoms with Gasteiger partial charge in [0.05, 0.1) is 4.88 Å². The van der Waals surface area contributed by atoms with Gasteiger partial charge in [-0.2, -0.15) is 0 Å². The smallest absolute Gasteiger partial charge is 0.263 e. The van der Waals surface area contributed by atoms with Crippen LogP contribution in [0.5, 0.6) is 5.75 Å². The number of carbonyl (C=O) groups excluding carboxylic acids is 2. The molecule has 3 aromatic rings. The van der Waals surface area contributed by atoms with E-state index >= 15 is 0 Å². The van der Waals surface area contributed by atoms with Gasteiger partial charge in [0.2, 0.25) is 0 Å². The van der Waals surface area contributed by atoms with Crippen LogP contribution in [0.3, 0.4) is 0 Å². The van der Waals surface area contributed by atoms with Crippen molar-refractivity contribution in [3.8, 4) is 5.75 Å². The fourth-order valence-electron chi connectivity index (χ4n) is 4.60. The van der Waals surface area contributed by atoms with E-state index in [4.69, 9.17) is 4.74 Å². The van der Waals surface area contributed by atoms with E-state index in [9.17, 15) is 9.59 Å². The Morgan fingerprint density at radius 3 is 2.38 bits per heavy atom. The summed E-state index contributed by atoms with van der Waals surface area (Å²) in [5, 5.41) is 1.94. The van der Waals surface area contributed by atoms with Gasteiger partial charge in [-0.1, -0.05) is 54.1 Å². The number of carbonyl (C=O) groups is 2. The van der Waals surface area contributed by atoms with Crippen LogP contribution >= 0.6 is 11.3 Å². The van der Waals surface area contributed by atoms with Gasteiger partial charge in [0.15, 0.2) is 6.61 Å². The minimum Gasteiger partial charge on any atom is -0.484 e. The molecule has 1 atom stereocenters. The molecule has 0 unspecified atom stereocenters. The van der Waals surface area contributed by atoms with E-state index < -0.39 is 0 Å². The van der Waals surface area contributed by atoms with Gasteiger partial charge < -0.3 is 14.5 Å². The van der Waals surface area contributed by atoms with Crippen molar-refractivity contribution in [1.29, 1.82) is 0 Å². The van der Waals surface area contributed by atoms with E-state index in [1.165, 1.54) is 16.9 Å². The van der Waals surface area contributed by atoms with Crippen molar-refractivity contribution in [2.75, 3.05) is 26.7 Å². The number of ether oxygens (including phenoxy) is 1. The molecular weight excluding hydrogens is 444 g/mol. The fourth-order valence-corrected chi connectivity index (χ4v) is 5.31. The topological polar surface area (TPSA) is 49.9 Å². The highest BCUT2D eigenvalue weighted by molar-refractivity contribution is 7.12. The summed E-state index contributed by atoms with van der Waals surface area (Å²) in [5.74, 6) is 1.13. The van der Waals surface area contributed by atoms with Crippen LogP contribution in [-0.2, 0) is 11.2 Å². The first-order valence-electron chi connectivity index (χ1n) is 11.8. The summed E-state index contributed by atoms with van der Waals surface area (Å²) in [6.45, 7) is 3.45. The normalized spacial score (nSPS) is 15.1. The Morgan fingerprint density at radius 1 is 1.03 bits per heavy atom. The third-order valence-electron chi connectivity index (χ3n) is 6.66. The average Bonchev–Trinajstić information content (AvgIpc) is 3.42. The number of nitrogens with zero attached hydrogens (tertiary/aromatic N) is 2. The van der Waals surface area contributed by atoms with Gasteiger partial charge in [0.1, 0.15) is 5.75 Å². The Morgan fingerprint density at radius 2 is 1.74 bits per heavy atom. The number of amides is 2. The van der Waals surface area contributed by atoms with Gasteiger partial charge in [-0.25, -0.2) is 0 Å². The maximum absolute atomic E-state index is 13.1. The molecule has 0 N–H and O–H groups in total. The quantitative estimate of drug-likeness (QED) is 0.457. The number of hydrogen-bond donors (Lipinski definition) is 0. The summed E-state index contributed by atoms with van der Waals surface area (Å²) in [4.78, 5) is 30.5. The highest BCUT2D eigenvalue weighted by atomic mass is 32.1. The van der Waals surface area contributed by atoms with Crippen LogP contribution in [0.25, 0.3) is 0 Å². The zero-order valence-electron chi connectivity index (χ0n) is 19.9. The van der Waals surface area contributed by atoms with Gasteiger partial charge in [-0.3, -0.25) is 9.59 Å². The first-order chi connectivity index (χ1) is 16.5. The number of likely N-dealkylation sites (tertiary alicyclic amines) is 1. The molecule has 1 aromatic heterocycles. The number of aryl methyl sites for hydroxylation is 1. The standard InChI is InChI=1S/C28H32N2O3S/c1-21-10-12-24(13-11-21)33-20-27(31)30-16-14-23(15-17-30)25(19-22-7-4-3-5-8-22)29(2)28(32)26-9-6-18-34-26/h3-13,18,23,25H,14-17,19-20H2,1-2H3/t25-/m0/s1. The maximum Gasteiger partial charge on any atom is 0.263 e. The molecule has 1 aliphatic rings. The number of piperidine rings is 1. The molecule has 6 heteroatoms. The fraction of sp³-hybridized carbons (Fsp3) is 0.357. The molecule has 2 aromatic carbocycles. The molecule has 4 rings (SSSR count). The Labute approximate surface area is 206 Å². The maximum atomic E-state index is 13.1. The number of likely N-dealkylation sites (N-methyl/N-ethyl adjacent to an activating group) is 1. The monoisotopic (exact) mass is 476 g/mol. The molecule has 0 saturated carbocycles. The summed E-state index contributed by atoms with van der Waals surface area (Å²) < 4.78 is 5.70. The Bertz CT molecular complexity index is 1060. The summed E-state index contributed by atoms with van der Waals surface area (Å²) in [7, 11) is 1.92. The lowest BCUT2D eigenvalue weighted by Crippen LogP contribution is -2.49. The van der Waals surface area contributed by atoms with E-state index in [-0.39, 0.29) is 24.5 Å². The summed E-state index contributed by atoms with van der Waals surface area (Å²) in [6.07, 6.45) is 2.55. The minimum atomic E-state index is 0.0154. The molecule has 2 heterocycles. The van der Waals surface area contributed by atoms with Crippen molar-refractivity contribution in [3.05, 3.63) is 88.1 Å². The Balaban J connectivity index is 1.38. The Kier molecular flexibility index (Phi) is 8.01. The predicted molar refractivity (Wildman–Crippen MR) is 136 cm³/mol. The zero-order valence-corrected chi connectivity index (χ0v) is 20.7. The Hall–Kier alpha value is -3.12. The predicted octanol–water partition coefficient (Wildman–Crippen LogP) is 5.06. The van der Waals surface area contributed by atoms with Crippen molar-refractivity contribution in [2.24, 2.45) is 5.92 Å². The third kappa shape index (κ3) is 6.06. The van der Waals surface area contributed by atoms with Crippen molar-refractivity contribution in [2.45, 2.75) is 32.2 Å². The molecule has 0 aliphatic carbocycles. The lowest BCUT2D eigenvalue weighted by atomic mass is 9.85. The number of thiophene rings is 1. The highest BCUT2D eigenvalue weighted by Gasteiger charge is 2.33. The summed E-state index contributed by atoms with van der Waals surface area (Å²) in [6, 6.07) is 22.0. The summed E-state index contributed by atoms with van der Waals surface area (Å²) in [5.41, 5.74) is 2.39. The van der Waals surface area contributed by atoms with Crippen molar-refractivity contribution in [1.82, 2.24) is 9.80 Å².